The molecule has 0 bridgehead atoms. The number of hydrogen-bond donors (Lipinski definition) is 1. The highest BCUT2D eigenvalue weighted by Gasteiger charge is 2.42. The smallest absolute Gasteiger partial charge is 0.254 e. The molecule has 1 N–H and O–H groups in total. The van der Waals surface area contributed by atoms with Crippen molar-refractivity contribution >= 4 is 11.7 Å². The van der Waals surface area contributed by atoms with E-state index in [1.54, 1.807) is 12.4 Å². The molecule has 2 aliphatic heterocycles. The van der Waals surface area contributed by atoms with Crippen LogP contribution in [0, 0.1) is 11.8 Å². The molecule has 0 aromatic carbocycles. The second-order valence-electron chi connectivity index (χ2n) is 7.53. The van der Waals surface area contributed by atoms with Gasteiger partial charge in [0.1, 0.15) is 12.1 Å². The second kappa shape index (κ2) is 6.55. The lowest BCUT2D eigenvalue weighted by atomic mass is 10.0. The Labute approximate surface area is 152 Å². The van der Waals surface area contributed by atoms with Crippen molar-refractivity contribution in [2.45, 2.75) is 19.8 Å². The maximum Gasteiger partial charge on any atom is 0.254 e. The molecule has 7 heteroatoms. The number of fused-ring (bicyclic) bond motifs is 1. The van der Waals surface area contributed by atoms with Crippen LogP contribution in [0.25, 0.3) is 0 Å². The molecule has 2 aliphatic rings. The molecule has 7 nitrogen and oxygen atoms in total. The standard InChI is InChI=1S/C19H23N5O2/c1-12(2)16-6-17(22-11-21-16)23-7-14-9-24(10-15(14)8-23)19(26)13-3-4-20-18(25)5-13/h3-6,11-12,14-15H,7-10H2,1-2H3,(H,20,25). The van der Waals surface area contributed by atoms with Gasteiger partial charge in [-0.3, -0.25) is 9.59 Å². The molecule has 2 aromatic heterocycles. The quantitative estimate of drug-likeness (QED) is 0.904. The number of carbonyl (C=O) groups excluding carboxylic acids is 1. The first-order chi connectivity index (χ1) is 12.5. The number of likely N-dealkylation sites (tertiary alicyclic amines) is 1. The first-order valence-electron chi connectivity index (χ1n) is 9.06. The van der Waals surface area contributed by atoms with Crippen molar-refractivity contribution in [2.75, 3.05) is 31.1 Å². The third kappa shape index (κ3) is 3.09. The van der Waals surface area contributed by atoms with E-state index in [2.05, 4.69) is 39.8 Å². The summed E-state index contributed by atoms with van der Waals surface area (Å²) in [6.45, 7) is 7.52. The van der Waals surface area contributed by atoms with E-state index in [0.717, 1.165) is 37.7 Å². The van der Waals surface area contributed by atoms with Crippen molar-refractivity contribution in [1.82, 2.24) is 19.9 Å². The minimum atomic E-state index is -0.244. The van der Waals surface area contributed by atoms with Crippen LogP contribution in [0.15, 0.2) is 35.5 Å². The summed E-state index contributed by atoms with van der Waals surface area (Å²) >= 11 is 0. The van der Waals surface area contributed by atoms with Crippen LogP contribution in [-0.4, -0.2) is 51.9 Å². The van der Waals surface area contributed by atoms with Gasteiger partial charge in [-0.1, -0.05) is 13.8 Å². The van der Waals surface area contributed by atoms with Gasteiger partial charge in [-0.2, -0.15) is 0 Å². The average molecular weight is 353 g/mol. The van der Waals surface area contributed by atoms with Crippen molar-refractivity contribution < 1.29 is 4.79 Å². The zero-order valence-electron chi connectivity index (χ0n) is 15.1. The molecule has 4 heterocycles. The third-order valence-electron chi connectivity index (χ3n) is 5.38. The summed E-state index contributed by atoms with van der Waals surface area (Å²) in [7, 11) is 0. The number of nitrogens with zero attached hydrogens (tertiary/aromatic N) is 4. The molecule has 26 heavy (non-hydrogen) atoms. The molecule has 0 radical (unpaired) electrons. The number of hydrogen-bond acceptors (Lipinski definition) is 5. The molecule has 0 aliphatic carbocycles. The number of aromatic nitrogens is 3. The van der Waals surface area contributed by atoms with Crippen LogP contribution < -0.4 is 10.5 Å². The first-order valence-corrected chi connectivity index (χ1v) is 9.06. The molecular formula is C19H23N5O2. The van der Waals surface area contributed by atoms with Gasteiger partial charge in [-0.25, -0.2) is 9.97 Å². The molecule has 2 unspecified atom stereocenters. The summed E-state index contributed by atoms with van der Waals surface area (Å²) < 4.78 is 0. The first kappa shape index (κ1) is 16.8. The lowest BCUT2D eigenvalue weighted by Gasteiger charge is -2.23. The number of anilines is 1. The number of aromatic amines is 1. The molecular weight excluding hydrogens is 330 g/mol. The Morgan fingerprint density at radius 2 is 1.88 bits per heavy atom. The van der Waals surface area contributed by atoms with Gasteiger partial charge in [0.25, 0.3) is 5.91 Å². The Balaban J connectivity index is 1.43. The summed E-state index contributed by atoms with van der Waals surface area (Å²) in [6.07, 6.45) is 3.16. The van der Waals surface area contributed by atoms with E-state index in [0.29, 0.717) is 23.3 Å². The van der Waals surface area contributed by atoms with Crippen LogP contribution in [0.2, 0.25) is 0 Å². The third-order valence-corrected chi connectivity index (χ3v) is 5.38. The molecule has 2 saturated heterocycles. The number of pyridine rings is 1. The number of rotatable bonds is 3. The fourth-order valence-electron chi connectivity index (χ4n) is 3.96. The number of carbonyl (C=O) groups is 1. The molecule has 136 valence electrons. The normalized spacial score (nSPS) is 22.1. The van der Waals surface area contributed by atoms with Gasteiger partial charge in [0.05, 0.1) is 0 Å². The Morgan fingerprint density at radius 3 is 2.54 bits per heavy atom. The highest BCUT2D eigenvalue weighted by Crippen LogP contribution is 2.34. The van der Waals surface area contributed by atoms with Gasteiger partial charge in [0.2, 0.25) is 5.56 Å². The number of H-pyrrole nitrogens is 1. The number of amides is 1. The summed E-state index contributed by atoms with van der Waals surface area (Å²) in [5, 5.41) is 0. The van der Waals surface area contributed by atoms with E-state index >= 15 is 0 Å². The number of nitrogens with one attached hydrogen (secondary N) is 1. The Bertz CT molecular complexity index is 864. The highest BCUT2D eigenvalue weighted by molar-refractivity contribution is 5.94. The van der Waals surface area contributed by atoms with Crippen molar-refractivity contribution in [2.24, 2.45) is 11.8 Å². The van der Waals surface area contributed by atoms with E-state index in [1.807, 2.05) is 4.90 Å². The zero-order chi connectivity index (χ0) is 18.3. The van der Waals surface area contributed by atoms with Gasteiger partial charge in [0.15, 0.2) is 0 Å². The van der Waals surface area contributed by atoms with Gasteiger partial charge in [-0.15, -0.1) is 0 Å². The largest absolute Gasteiger partial charge is 0.356 e. The molecule has 1 amide bonds. The highest BCUT2D eigenvalue weighted by atomic mass is 16.2. The van der Waals surface area contributed by atoms with Crippen LogP contribution in [-0.2, 0) is 0 Å². The molecule has 0 saturated carbocycles. The topological polar surface area (TPSA) is 82.2 Å². The predicted octanol–water partition coefficient (Wildman–Crippen LogP) is 1.50. The summed E-state index contributed by atoms with van der Waals surface area (Å²) in [4.78, 5) is 39.6. The molecule has 4 rings (SSSR count). The zero-order valence-corrected chi connectivity index (χ0v) is 15.1. The van der Waals surface area contributed by atoms with Crippen molar-refractivity contribution in [3.05, 3.63) is 52.3 Å². The minimum absolute atomic E-state index is 0.0545. The second-order valence-corrected chi connectivity index (χ2v) is 7.53. The molecule has 2 aromatic rings. The SMILES string of the molecule is CC(C)c1cc(N2CC3CN(C(=O)c4cc[nH]c(=O)c4)CC3C2)ncn1. The van der Waals surface area contributed by atoms with Crippen molar-refractivity contribution in [3.8, 4) is 0 Å². The Morgan fingerprint density at radius 1 is 1.15 bits per heavy atom. The fraction of sp³-hybridized carbons (Fsp3) is 0.474. The van der Waals surface area contributed by atoms with Crippen LogP contribution in [0.5, 0.6) is 0 Å². The fourth-order valence-corrected chi connectivity index (χ4v) is 3.96. The molecule has 0 spiro atoms. The Kier molecular flexibility index (Phi) is 4.22. The van der Waals surface area contributed by atoms with Gasteiger partial charge < -0.3 is 14.8 Å². The predicted molar refractivity (Wildman–Crippen MR) is 98.3 cm³/mol. The van der Waals surface area contributed by atoms with Crippen LogP contribution >= 0.6 is 0 Å². The summed E-state index contributed by atoms with van der Waals surface area (Å²) in [6, 6.07) is 5.11. The molecule has 2 fully saturated rings. The lowest BCUT2D eigenvalue weighted by Crippen LogP contribution is -2.34. The monoisotopic (exact) mass is 353 g/mol. The van der Waals surface area contributed by atoms with E-state index in [9.17, 15) is 9.59 Å². The minimum Gasteiger partial charge on any atom is -0.356 e. The summed E-state index contributed by atoms with van der Waals surface area (Å²) in [5.41, 5.74) is 1.27. The van der Waals surface area contributed by atoms with Crippen LogP contribution in [0.1, 0.15) is 35.8 Å². The van der Waals surface area contributed by atoms with E-state index in [4.69, 9.17) is 0 Å². The Hall–Kier alpha value is -2.70. The van der Waals surface area contributed by atoms with E-state index in [-0.39, 0.29) is 11.5 Å². The maximum atomic E-state index is 12.6. The summed E-state index contributed by atoms with van der Waals surface area (Å²) in [5.74, 6) is 2.18. The van der Waals surface area contributed by atoms with Crippen molar-refractivity contribution in [3.63, 3.8) is 0 Å². The van der Waals surface area contributed by atoms with E-state index in [1.165, 1.54) is 12.3 Å². The van der Waals surface area contributed by atoms with Gasteiger partial charge >= 0.3 is 0 Å². The molecule has 2 atom stereocenters. The van der Waals surface area contributed by atoms with Crippen molar-refractivity contribution in [1.29, 1.82) is 0 Å². The maximum absolute atomic E-state index is 12.6. The van der Waals surface area contributed by atoms with E-state index < -0.39 is 0 Å². The van der Waals surface area contributed by atoms with Gasteiger partial charge in [-0.05, 0) is 12.0 Å². The lowest BCUT2D eigenvalue weighted by molar-refractivity contribution is 0.0782. The van der Waals surface area contributed by atoms with Crippen LogP contribution in [0.3, 0.4) is 0 Å². The van der Waals surface area contributed by atoms with Gasteiger partial charge in [0, 0.05) is 67.6 Å². The average Bonchev–Trinajstić information content (AvgIpc) is 3.20. The van der Waals surface area contributed by atoms with Crippen LogP contribution in [0.4, 0.5) is 5.82 Å².